The van der Waals surface area contributed by atoms with Gasteiger partial charge < -0.3 is 0 Å². The van der Waals surface area contributed by atoms with Crippen LogP contribution in [0.1, 0.15) is 15.9 Å². The Morgan fingerprint density at radius 2 is 1.54 bits per heavy atom. The highest BCUT2D eigenvalue weighted by Gasteiger charge is 2.14. The molecule has 142 valence electrons. The highest BCUT2D eigenvalue weighted by molar-refractivity contribution is 9.10. The first-order chi connectivity index (χ1) is 13.4. The fourth-order valence-corrected chi connectivity index (χ4v) is 3.61. The number of amides is 1. The summed E-state index contributed by atoms with van der Waals surface area (Å²) in [6.45, 7) is 0. The number of carbonyl (C=O) groups is 1. The van der Waals surface area contributed by atoms with Crippen molar-refractivity contribution in [3.05, 3.63) is 94.5 Å². The van der Waals surface area contributed by atoms with E-state index in [4.69, 9.17) is 0 Å². The van der Waals surface area contributed by atoms with Gasteiger partial charge in [0.2, 0.25) is 0 Å². The predicted molar refractivity (Wildman–Crippen MR) is 113 cm³/mol. The highest BCUT2D eigenvalue weighted by Crippen LogP contribution is 2.19. The van der Waals surface area contributed by atoms with Crippen molar-refractivity contribution >= 4 is 43.8 Å². The van der Waals surface area contributed by atoms with Crippen molar-refractivity contribution in [2.75, 3.05) is 4.72 Å². The van der Waals surface area contributed by atoms with Gasteiger partial charge >= 0.3 is 0 Å². The van der Waals surface area contributed by atoms with Crippen LogP contribution in [0, 0.1) is 0 Å². The van der Waals surface area contributed by atoms with Gasteiger partial charge in [-0.2, -0.15) is 5.10 Å². The maximum atomic E-state index is 12.4. The number of anilines is 1. The first-order valence-electron chi connectivity index (χ1n) is 8.21. The molecule has 0 aliphatic carbocycles. The quantitative estimate of drug-likeness (QED) is 0.432. The number of benzene rings is 3. The number of halogens is 1. The minimum atomic E-state index is -3.70. The number of nitrogens with zero attached hydrogens (tertiary/aromatic N) is 1. The van der Waals surface area contributed by atoms with Crippen LogP contribution in [0.5, 0.6) is 0 Å². The normalized spacial score (nSPS) is 11.3. The van der Waals surface area contributed by atoms with Crippen LogP contribution in [0.3, 0.4) is 0 Å². The molecule has 0 heterocycles. The topological polar surface area (TPSA) is 87.6 Å². The Hall–Kier alpha value is -2.97. The average molecular weight is 458 g/mol. The molecule has 0 atom stereocenters. The monoisotopic (exact) mass is 457 g/mol. The van der Waals surface area contributed by atoms with Gasteiger partial charge in [0.25, 0.3) is 15.9 Å². The maximum absolute atomic E-state index is 12.4. The number of hydrazone groups is 1. The smallest absolute Gasteiger partial charge is 0.271 e. The summed E-state index contributed by atoms with van der Waals surface area (Å²) in [7, 11) is -3.70. The number of hydrogen-bond acceptors (Lipinski definition) is 4. The van der Waals surface area contributed by atoms with Crippen LogP contribution in [0.4, 0.5) is 5.69 Å². The molecule has 0 unspecified atom stereocenters. The zero-order valence-electron chi connectivity index (χ0n) is 14.5. The Labute approximate surface area is 171 Å². The molecule has 0 saturated carbocycles. The lowest BCUT2D eigenvalue weighted by atomic mass is 10.2. The highest BCUT2D eigenvalue weighted by atomic mass is 79.9. The molecule has 0 spiro atoms. The third-order valence-corrected chi connectivity index (χ3v) is 5.63. The van der Waals surface area contributed by atoms with E-state index in [0.717, 1.165) is 10.0 Å². The number of carbonyl (C=O) groups excluding carboxylic acids is 1. The van der Waals surface area contributed by atoms with Crippen molar-refractivity contribution in [3.8, 4) is 0 Å². The van der Waals surface area contributed by atoms with Crippen molar-refractivity contribution in [1.82, 2.24) is 5.43 Å². The number of sulfonamides is 1. The third-order valence-electron chi connectivity index (χ3n) is 3.70. The van der Waals surface area contributed by atoms with Gasteiger partial charge in [0.1, 0.15) is 0 Å². The van der Waals surface area contributed by atoms with Gasteiger partial charge in [-0.3, -0.25) is 9.52 Å². The molecule has 3 aromatic rings. The fraction of sp³-hybridized carbons (Fsp3) is 0. The first kappa shape index (κ1) is 19.8. The standard InChI is InChI=1S/C20H16BrN3O3S/c21-17-8-12-19(13-9-17)28(26,27)24-18-10-6-16(7-11-18)20(25)23-22-14-15-4-2-1-3-5-15/h1-14,24H,(H,23,25). The number of hydrogen-bond donors (Lipinski definition) is 2. The van der Waals surface area contributed by atoms with Crippen LogP contribution < -0.4 is 10.1 Å². The lowest BCUT2D eigenvalue weighted by Crippen LogP contribution is -2.18. The van der Waals surface area contributed by atoms with Crippen LogP contribution in [-0.4, -0.2) is 20.5 Å². The van der Waals surface area contributed by atoms with Gasteiger partial charge in [0, 0.05) is 15.7 Å². The molecular formula is C20H16BrN3O3S. The van der Waals surface area contributed by atoms with Gasteiger partial charge in [0.05, 0.1) is 11.1 Å². The molecule has 0 aliphatic rings. The molecule has 0 bridgehead atoms. The second-order valence-corrected chi connectivity index (χ2v) is 8.34. The van der Waals surface area contributed by atoms with Crippen molar-refractivity contribution < 1.29 is 13.2 Å². The number of rotatable bonds is 6. The Kier molecular flexibility index (Phi) is 6.23. The van der Waals surface area contributed by atoms with E-state index in [-0.39, 0.29) is 4.90 Å². The second-order valence-electron chi connectivity index (χ2n) is 5.75. The van der Waals surface area contributed by atoms with Crippen molar-refractivity contribution in [3.63, 3.8) is 0 Å². The molecule has 1 amide bonds. The summed E-state index contributed by atoms with van der Waals surface area (Å²) in [4.78, 5) is 12.3. The Balaban J connectivity index is 1.63. The zero-order valence-corrected chi connectivity index (χ0v) is 16.9. The molecule has 0 saturated heterocycles. The zero-order chi connectivity index (χ0) is 20.0. The summed E-state index contributed by atoms with van der Waals surface area (Å²) in [6, 6.07) is 21.7. The van der Waals surface area contributed by atoms with Crippen LogP contribution in [-0.2, 0) is 10.0 Å². The van der Waals surface area contributed by atoms with E-state index in [0.29, 0.717) is 11.3 Å². The minimum Gasteiger partial charge on any atom is -0.280 e. The van der Waals surface area contributed by atoms with E-state index in [1.807, 2.05) is 30.3 Å². The van der Waals surface area contributed by atoms with Gasteiger partial charge in [-0.25, -0.2) is 13.8 Å². The van der Waals surface area contributed by atoms with E-state index in [1.165, 1.54) is 36.4 Å². The summed E-state index contributed by atoms with van der Waals surface area (Å²) >= 11 is 3.27. The van der Waals surface area contributed by atoms with Crippen LogP contribution in [0.2, 0.25) is 0 Å². The molecule has 28 heavy (non-hydrogen) atoms. The van der Waals surface area contributed by atoms with Gasteiger partial charge in [-0.1, -0.05) is 46.3 Å². The Bertz CT molecular complexity index is 1080. The van der Waals surface area contributed by atoms with E-state index in [1.54, 1.807) is 18.3 Å². The van der Waals surface area contributed by atoms with Crippen LogP contribution in [0.25, 0.3) is 0 Å². The Morgan fingerprint density at radius 3 is 2.18 bits per heavy atom. The molecule has 0 fully saturated rings. The number of nitrogens with one attached hydrogen (secondary N) is 2. The molecular weight excluding hydrogens is 442 g/mol. The van der Waals surface area contributed by atoms with Gasteiger partial charge in [-0.15, -0.1) is 0 Å². The lowest BCUT2D eigenvalue weighted by molar-refractivity contribution is 0.0955. The summed E-state index contributed by atoms with van der Waals surface area (Å²) < 4.78 is 28.0. The molecule has 8 heteroatoms. The summed E-state index contributed by atoms with van der Waals surface area (Å²) in [6.07, 6.45) is 1.54. The molecule has 0 aromatic heterocycles. The summed E-state index contributed by atoms with van der Waals surface area (Å²) in [5.74, 6) is -0.394. The maximum Gasteiger partial charge on any atom is 0.271 e. The Morgan fingerprint density at radius 1 is 0.893 bits per heavy atom. The van der Waals surface area contributed by atoms with Crippen LogP contribution in [0.15, 0.2) is 93.3 Å². The second kappa shape index (κ2) is 8.81. The molecule has 0 aliphatic heterocycles. The largest absolute Gasteiger partial charge is 0.280 e. The third kappa shape index (κ3) is 5.28. The van der Waals surface area contributed by atoms with E-state index in [9.17, 15) is 13.2 Å². The molecule has 3 rings (SSSR count). The van der Waals surface area contributed by atoms with Crippen molar-refractivity contribution in [2.24, 2.45) is 5.10 Å². The molecule has 6 nitrogen and oxygen atoms in total. The van der Waals surface area contributed by atoms with E-state index >= 15 is 0 Å². The average Bonchev–Trinajstić information content (AvgIpc) is 2.69. The van der Waals surface area contributed by atoms with Gasteiger partial charge in [0.15, 0.2) is 0 Å². The first-order valence-corrected chi connectivity index (χ1v) is 10.5. The SMILES string of the molecule is O=C(NN=Cc1ccccc1)c1ccc(NS(=O)(=O)c2ccc(Br)cc2)cc1. The molecule has 0 radical (unpaired) electrons. The van der Waals surface area contributed by atoms with Crippen molar-refractivity contribution in [2.45, 2.75) is 4.90 Å². The summed E-state index contributed by atoms with van der Waals surface area (Å²) in [5.41, 5.74) is 4.01. The summed E-state index contributed by atoms with van der Waals surface area (Å²) in [5, 5.41) is 3.91. The molecule has 3 aromatic carbocycles. The fourth-order valence-electron chi connectivity index (χ4n) is 2.29. The van der Waals surface area contributed by atoms with Crippen LogP contribution >= 0.6 is 15.9 Å². The predicted octanol–water partition coefficient (Wildman–Crippen LogP) is 4.01. The molecule has 2 N–H and O–H groups in total. The van der Waals surface area contributed by atoms with Gasteiger partial charge in [-0.05, 0) is 54.1 Å². The van der Waals surface area contributed by atoms with E-state index < -0.39 is 15.9 Å². The lowest BCUT2D eigenvalue weighted by Gasteiger charge is -2.09. The van der Waals surface area contributed by atoms with E-state index in [2.05, 4.69) is 31.2 Å². The minimum absolute atomic E-state index is 0.146. The van der Waals surface area contributed by atoms with Crippen molar-refractivity contribution in [1.29, 1.82) is 0 Å².